The van der Waals surface area contributed by atoms with E-state index in [0.717, 1.165) is 0 Å². The van der Waals surface area contributed by atoms with Gasteiger partial charge < -0.3 is 10.1 Å². The molecule has 0 saturated heterocycles. The number of ether oxygens (including phenoxy) is 1. The van der Waals surface area contributed by atoms with Crippen molar-refractivity contribution < 1.29 is 9.66 Å². The van der Waals surface area contributed by atoms with E-state index in [4.69, 9.17) is 16.3 Å². The molecule has 0 bridgehead atoms. The molecule has 5 nitrogen and oxygen atoms in total. The van der Waals surface area contributed by atoms with Gasteiger partial charge in [0.1, 0.15) is 10.7 Å². The van der Waals surface area contributed by atoms with Crippen LogP contribution in [0.2, 0.25) is 5.02 Å². The van der Waals surface area contributed by atoms with Gasteiger partial charge in [0.25, 0.3) is 0 Å². The van der Waals surface area contributed by atoms with Crippen LogP contribution in [0.5, 0.6) is 0 Å². The Morgan fingerprint density at radius 1 is 1.53 bits per heavy atom. The van der Waals surface area contributed by atoms with Crippen LogP contribution in [0.3, 0.4) is 0 Å². The third-order valence-electron chi connectivity index (χ3n) is 2.04. The highest BCUT2D eigenvalue weighted by atomic mass is 35.5. The molecule has 0 radical (unpaired) electrons. The highest BCUT2D eigenvalue weighted by Crippen LogP contribution is 2.31. The third-order valence-corrected chi connectivity index (χ3v) is 2.34. The van der Waals surface area contributed by atoms with Crippen molar-refractivity contribution in [2.45, 2.75) is 20.0 Å². The normalized spacial score (nSPS) is 10.6. The van der Waals surface area contributed by atoms with Crippen molar-refractivity contribution in [1.29, 1.82) is 0 Å². The molecule has 0 aliphatic carbocycles. The van der Waals surface area contributed by atoms with Crippen molar-refractivity contribution in [3.05, 3.63) is 33.3 Å². The predicted octanol–water partition coefficient (Wildman–Crippen LogP) is 3.09. The predicted molar refractivity (Wildman–Crippen MR) is 67.7 cm³/mol. The minimum Gasteiger partial charge on any atom is -0.377 e. The minimum absolute atomic E-state index is 0.0984. The quantitative estimate of drug-likeness (QED) is 0.484. The maximum atomic E-state index is 10.8. The molecule has 0 unspecified atom stereocenters. The van der Waals surface area contributed by atoms with Crippen LogP contribution < -0.4 is 5.32 Å². The number of nitro benzene ring substituents is 1. The number of nitrogens with one attached hydrogen (secondary N) is 1. The average molecular weight is 259 g/mol. The molecule has 1 N–H and O–H groups in total. The van der Waals surface area contributed by atoms with Gasteiger partial charge in [0.2, 0.25) is 0 Å². The smallest absolute Gasteiger partial charge is 0.310 e. The van der Waals surface area contributed by atoms with Crippen LogP contribution >= 0.6 is 11.6 Å². The number of halogens is 1. The van der Waals surface area contributed by atoms with E-state index in [9.17, 15) is 10.1 Å². The Morgan fingerprint density at radius 3 is 2.82 bits per heavy atom. The van der Waals surface area contributed by atoms with Gasteiger partial charge in [-0.05, 0) is 26.0 Å². The van der Waals surface area contributed by atoms with Crippen molar-refractivity contribution in [3.63, 3.8) is 0 Å². The molecule has 0 atom stereocenters. The Bertz CT molecular complexity index is 396. The topological polar surface area (TPSA) is 64.4 Å². The van der Waals surface area contributed by atoms with E-state index in [1.54, 1.807) is 12.1 Å². The molecule has 0 heterocycles. The Kier molecular flexibility index (Phi) is 5.18. The minimum atomic E-state index is -0.492. The highest BCUT2D eigenvalue weighted by molar-refractivity contribution is 6.33. The van der Waals surface area contributed by atoms with Gasteiger partial charge in [0.05, 0.1) is 17.6 Å². The lowest BCUT2D eigenvalue weighted by Gasteiger charge is -2.10. The fourth-order valence-corrected chi connectivity index (χ4v) is 1.57. The van der Waals surface area contributed by atoms with Gasteiger partial charge in [-0.2, -0.15) is 0 Å². The molecule has 0 aromatic heterocycles. The van der Waals surface area contributed by atoms with Gasteiger partial charge in [-0.25, -0.2) is 0 Å². The second-order valence-electron chi connectivity index (χ2n) is 3.74. The lowest BCUT2D eigenvalue weighted by atomic mass is 10.2. The molecule has 0 aliphatic heterocycles. The van der Waals surface area contributed by atoms with E-state index in [2.05, 4.69) is 5.32 Å². The number of rotatable bonds is 6. The number of anilines is 1. The van der Waals surface area contributed by atoms with Crippen LogP contribution in [0.15, 0.2) is 18.2 Å². The monoisotopic (exact) mass is 258 g/mol. The van der Waals surface area contributed by atoms with Gasteiger partial charge in [0, 0.05) is 6.54 Å². The van der Waals surface area contributed by atoms with Crippen LogP contribution in [0.25, 0.3) is 0 Å². The Labute approximate surface area is 105 Å². The van der Waals surface area contributed by atoms with E-state index >= 15 is 0 Å². The van der Waals surface area contributed by atoms with E-state index < -0.39 is 4.92 Å². The first-order valence-electron chi connectivity index (χ1n) is 5.30. The molecule has 1 aromatic carbocycles. The SMILES string of the molecule is CC(C)OCCNc1cccc(Cl)c1[N+](=O)[O-]. The second-order valence-corrected chi connectivity index (χ2v) is 4.15. The first-order chi connectivity index (χ1) is 8.02. The van der Waals surface area contributed by atoms with Gasteiger partial charge in [0.15, 0.2) is 0 Å². The highest BCUT2D eigenvalue weighted by Gasteiger charge is 2.17. The zero-order chi connectivity index (χ0) is 12.8. The van der Waals surface area contributed by atoms with Crippen LogP contribution in [0, 0.1) is 10.1 Å². The van der Waals surface area contributed by atoms with Crippen molar-refractivity contribution >= 4 is 23.0 Å². The molecule has 0 amide bonds. The van der Waals surface area contributed by atoms with E-state index in [-0.39, 0.29) is 16.8 Å². The number of para-hydroxylation sites is 1. The molecule has 17 heavy (non-hydrogen) atoms. The van der Waals surface area contributed by atoms with E-state index in [1.165, 1.54) is 6.07 Å². The molecule has 0 saturated carbocycles. The first-order valence-corrected chi connectivity index (χ1v) is 5.68. The molecular weight excluding hydrogens is 244 g/mol. The van der Waals surface area contributed by atoms with Crippen molar-refractivity contribution in [2.75, 3.05) is 18.5 Å². The van der Waals surface area contributed by atoms with Gasteiger partial charge in [-0.1, -0.05) is 17.7 Å². The Balaban J connectivity index is 2.64. The van der Waals surface area contributed by atoms with Crippen LogP contribution in [-0.2, 0) is 4.74 Å². The lowest BCUT2D eigenvalue weighted by molar-refractivity contribution is -0.383. The molecular formula is C11H15ClN2O3. The molecule has 0 aliphatic rings. The summed E-state index contributed by atoms with van der Waals surface area (Å²) in [7, 11) is 0. The maximum Gasteiger partial charge on any atom is 0.310 e. The average Bonchev–Trinajstić information content (AvgIpc) is 2.23. The van der Waals surface area contributed by atoms with Gasteiger partial charge in [-0.15, -0.1) is 0 Å². The fraction of sp³-hybridized carbons (Fsp3) is 0.455. The van der Waals surface area contributed by atoms with Gasteiger partial charge >= 0.3 is 5.69 Å². The number of nitro groups is 1. The first kappa shape index (κ1) is 13.7. The third kappa shape index (κ3) is 4.20. The molecule has 1 aromatic rings. The van der Waals surface area contributed by atoms with Gasteiger partial charge in [-0.3, -0.25) is 10.1 Å². The molecule has 1 rings (SSSR count). The van der Waals surface area contributed by atoms with E-state index in [1.807, 2.05) is 13.8 Å². The second kappa shape index (κ2) is 6.42. The molecule has 6 heteroatoms. The maximum absolute atomic E-state index is 10.8. The van der Waals surface area contributed by atoms with Crippen molar-refractivity contribution in [1.82, 2.24) is 0 Å². The number of benzene rings is 1. The Hall–Kier alpha value is -1.33. The number of nitrogens with zero attached hydrogens (tertiary/aromatic N) is 1. The Morgan fingerprint density at radius 2 is 2.24 bits per heavy atom. The van der Waals surface area contributed by atoms with E-state index in [0.29, 0.717) is 18.8 Å². The van der Waals surface area contributed by atoms with Crippen molar-refractivity contribution in [3.8, 4) is 0 Å². The zero-order valence-electron chi connectivity index (χ0n) is 9.77. The van der Waals surface area contributed by atoms with Crippen LogP contribution in [0.4, 0.5) is 11.4 Å². The number of hydrogen-bond acceptors (Lipinski definition) is 4. The van der Waals surface area contributed by atoms with Crippen LogP contribution in [-0.4, -0.2) is 24.2 Å². The molecule has 94 valence electrons. The largest absolute Gasteiger partial charge is 0.377 e. The summed E-state index contributed by atoms with van der Waals surface area (Å²) in [4.78, 5) is 10.3. The number of hydrogen-bond donors (Lipinski definition) is 1. The fourth-order valence-electron chi connectivity index (χ4n) is 1.32. The summed E-state index contributed by atoms with van der Waals surface area (Å²) in [5.74, 6) is 0. The van der Waals surface area contributed by atoms with Crippen LogP contribution in [0.1, 0.15) is 13.8 Å². The summed E-state index contributed by atoms with van der Waals surface area (Å²) in [5.41, 5.74) is 0.313. The summed E-state index contributed by atoms with van der Waals surface area (Å²) in [6, 6.07) is 4.79. The summed E-state index contributed by atoms with van der Waals surface area (Å²) in [5, 5.41) is 13.9. The molecule has 0 spiro atoms. The zero-order valence-corrected chi connectivity index (χ0v) is 10.5. The summed E-state index contributed by atoms with van der Waals surface area (Å²) in [6.07, 6.45) is 0.145. The standard InChI is InChI=1S/C11H15ClN2O3/c1-8(2)17-7-6-13-10-5-3-4-9(12)11(10)14(15)16/h3-5,8,13H,6-7H2,1-2H3. The summed E-state index contributed by atoms with van der Waals surface area (Å²) < 4.78 is 5.33. The lowest BCUT2D eigenvalue weighted by Crippen LogP contribution is -2.13. The molecule has 0 fully saturated rings. The summed E-state index contributed by atoms with van der Waals surface area (Å²) in [6.45, 7) is 4.85. The van der Waals surface area contributed by atoms with Crippen molar-refractivity contribution in [2.24, 2.45) is 0 Å². The summed E-state index contributed by atoms with van der Waals surface area (Å²) >= 11 is 5.77.